The van der Waals surface area contributed by atoms with E-state index in [9.17, 15) is 9.59 Å². The molecule has 0 spiro atoms. The Kier molecular flexibility index (Phi) is 5.50. The molecule has 0 radical (unpaired) electrons. The van der Waals surface area contributed by atoms with E-state index in [0.717, 1.165) is 16.6 Å². The SMILES string of the molecule is Cn1cc2c(Nc3cccc([C@]4(C)CC(=O)N(C5CCOCC5)C(=O)N4)c3Cl)cccc2n1. The van der Waals surface area contributed by atoms with Crippen LogP contribution in [0.5, 0.6) is 0 Å². The number of imide groups is 1. The number of aryl methyl sites for hydroxylation is 1. The summed E-state index contributed by atoms with van der Waals surface area (Å²) in [7, 11) is 1.88. The van der Waals surface area contributed by atoms with Gasteiger partial charge in [0.2, 0.25) is 5.91 Å². The summed E-state index contributed by atoms with van der Waals surface area (Å²) in [6.45, 7) is 2.96. The first-order chi connectivity index (χ1) is 15.9. The van der Waals surface area contributed by atoms with Gasteiger partial charge < -0.3 is 15.4 Å². The Morgan fingerprint density at radius 2 is 1.88 bits per heavy atom. The van der Waals surface area contributed by atoms with E-state index < -0.39 is 5.54 Å². The van der Waals surface area contributed by atoms with Crippen LogP contribution in [-0.4, -0.2) is 45.9 Å². The molecule has 0 unspecified atom stereocenters. The average molecular weight is 468 g/mol. The molecule has 3 aromatic rings. The number of urea groups is 1. The fourth-order valence-corrected chi connectivity index (χ4v) is 5.17. The standard InChI is InChI=1S/C24H26ClN5O3/c1-24(13-21(31)30(23(32)27-24)15-9-11-33-12-10-15)17-5-3-8-20(22(17)25)26-18-6-4-7-19-16(18)14-29(2)28-19/h3-8,14-15,26H,9-13H2,1-2H3,(H,27,32)/t24-/m0/s1. The largest absolute Gasteiger partial charge is 0.381 e. The highest BCUT2D eigenvalue weighted by Gasteiger charge is 2.44. The van der Waals surface area contributed by atoms with E-state index in [1.807, 2.05) is 56.6 Å². The molecule has 1 aromatic heterocycles. The highest BCUT2D eigenvalue weighted by atomic mass is 35.5. The third kappa shape index (κ3) is 3.94. The van der Waals surface area contributed by atoms with Crippen LogP contribution < -0.4 is 10.6 Å². The van der Waals surface area contributed by atoms with Crippen LogP contribution in [0, 0.1) is 0 Å². The fourth-order valence-electron chi connectivity index (χ4n) is 4.79. The van der Waals surface area contributed by atoms with E-state index in [1.165, 1.54) is 4.90 Å². The molecule has 0 bridgehead atoms. The summed E-state index contributed by atoms with van der Waals surface area (Å²) in [5.74, 6) is -0.192. The number of hydrogen-bond acceptors (Lipinski definition) is 5. The Morgan fingerprint density at radius 1 is 1.15 bits per heavy atom. The number of amides is 3. The number of fused-ring (bicyclic) bond motifs is 1. The second kappa shape index (κ2) is 8.35. The van der Waals surface area contributed by atoms with Crippen molar-refractivity contribution in [3.63, 3.8) is 0 Å². The third-order valence-electron chi connectivity index (χ3n) is 6.46. The van der Waals surface area contributed by atoms with Gasteiger partial charge in [0.1, 0.15) is 0 Å². The summed E-state index contributed by atoms with van der Waals surface area (Å²) in [4.78, 5) is 27.5. The van der Waals surface area contributed by atoms with Gasteiger partial charge >= 0.3 is 6.03 Å². The van der Waals surface area contributed by atoms with Crippen LogP contribution in [0.25, 0.3) is 10.9 Å². The molecule has 5 rings (SSSR count). The Labute approximate surface area is 196 Å². The normalized spacial score (nSPS) is 22.0. The number of halogens is 1. The first-order valence-electron chi connectivity index (χ1n) is 11.1. The molecule has 3 amide bonds. The van der Waals surface area contributed by atoms with Gasteiger partial charge in [-0.05, 0) is 43.5 Å². The predicted molar refractivity (Wildman–Crippen MR) is 127 cm³/mol. The van der Waals surface area contributed by atoms with E-state index in [4.69, 9.17) is 16.3 Å². The molecule has 2 aromatic carbocycles. The number of anilines is 2. The Bertz CT molecular complexity index is 1220. The van der Waals surface area contributed by atoms with Crippen molar-refractivity contribution < 1.29 is 14.3 Å². The number of rotatable bonds is 4. The number of carbonyl (C=O) groups is 2. The molecule has 0 saturated carbocycles. The van der Waals surface area contributed by atoms with Gasteiger partial charge in [0.05, 0.1) is 28.2 Å². The second-order valence-electron chi connectivity index (χ2n) is 8.88. The van der Waals surface area contributed by atoms with Crippen LogP contribution in [0.2, 0.25) is 5.02 Å². The van der Waals surface area contributed by atoms with Crippen molar-refractivity contribution in [2.75, 3.05) is 18.5 Å². The molecule has 2 aliphatic rings. The summed E-state index contributed by atoms with van der Waals surface area (Å²) in [6, 6.07) is 11.0. The minimum Gasteiger partial charge on any atom is -0.381 e. The summed E-state index contributed by atoms with van der Waals surface area (Å²) in [5.41, 5.74) is 2.23. The van der Waals surface area contributed by atoms with Gasteiger partial charge in [0, 0.05) is 43.6 Å². The molecule has 2 aliphatic heterocycles. The molecule has 8 nitrogen and oxygen atoms in total. The maximum absolute atomic E-state index is 13.1. The van der Waals surface area contributed by atoms with Crippen molar-refractivity contribution in [2.45, 2.75) is 37.8 Å². The predicted octanol–water partition coefficient (Wildman–Crippen LogP) is 4.31. The van der Waals surface area contributed by atoms with E-state index in [1.54, 1.807) is 4.68 Å². The van der Waals surface area contributed by atoms with E-state index in [-0.39, 0.29) is 24.4 Å². The topological polar surface area (TPSA) is 88.5 Å². The number of aromatic nitrogens is 2. The smallest absolute Gasteiger partial charge is 0.325 e. The van der Waals surface area contributed by atoms with Crippen molar-refractivity contribution in [1.29, 1.82) is 0 Å². The average Bonchev–Trinajstić information content (AvgIpc) is 3.16. The lowest BCUT2D eigenvalue weighted by atomic mass is 9.85. The van der Waals surface area contributed by atoms with Crippen molar-refractivity contribution in [3.8, 4) is 0 Å². The Balaban J connectivity index is 1.43. The molecule has 2 saturated heterocycles. The van der Waals surface area contributed by atoms with Gasteiger partial charge in [-0.1, -0.05) is 29.8 Å². The number of nitrogens with zero attached hydrogens (tertiary/aromatic N) is 3. The number of carbonyl (C=O) groups excluding carboxylic acids is 2. The zero-order valence-corrected chi connectivity index (χ0v) is 19.4. The lowest BCUT2D eigenvalue weighted by molar-refractivity contribution is -0.135. The molecule has 9 heteroatoms. The second-order valence-corrected chi connectivity index (χ2v) is 9.26. The van der Waals surface area contributed by atoms with Crippen LogP contribution in [0.3, 0.4) is 0 Å². The highest BCUT2D eigenvalue weighted by molar-refractivity contribution is 6.34. The molecular weight excluding hydrogens is 442 g/mol. The lowest BCUT2D eigenvalue weighted by Gasteiger charge is -2.43. The maximum atomic E-state index is 13.1. The van der Waals surface area contributed by atoms with Crippen LogP contribution in [0.1, 0.15) is 31.7 Å². The van der Waals surface area contributed by atoms with Crippen LogP contribution in [-0.2, 0) is 22.1 Å². The van der Waals surface area contributed by atoms with Gasteiger partial charge in [0.15, 0.2) is 0 Å². The first-order valence-corrected chi connectivity index (χ1v) is 11.4. The molecular formula is C24H26ClN5O3. The summed E-state index contributed by atoms with van der Waals surface area (Å²) in [6.07, 6.45) is 3.41. The number of hydrogen-bond donors (Lipinski definition) is 2. The van der Waals surface area contributed by atoms with E-state index >= 15 is 0 Å². The molecule has 1 atom stereocenters. The van der Waals surface area contributed by atoms with Crippen LogP contribution >= 0.6 is 11.6 Å². The van der Waals surface area contributed by atoms with Gasteiger partial charge in [-0.15, -0.1) is 0 Å². The van der Waals surface area contributed by atoms with Crippen LogP contribution in [0.4, 0.5) is 16.2 Å². The van der Waals surface area contributed by atoms with Crippen LogP contribution in [0.15, 0.2) is 42.6 Å². The lowest BCUT2D eigenvalue weighted by Crippen LogP contribution is -2.62. The van der Waals surface area contributed by atoms with E-state index in [2.05, 4.69) is 15.7 Å². The Morgan fingerprint density at radius 3 is 2.64 bits per heavy atom. The number of ether oxygens (including phenoxy) is 1. The first kappa shape index (κ1) is 21.7. The van der Waals surface area contributed by atoms with Crippen molar-refractivity contribution >= 4 is 45.8 Å². The highest BCUT2D eigenvalue weighted by Crippen LogP contribution is 2.39. The van der Waals surface area contributed by atoms with Gasteiger partial charge in [-0.2, -0.15) is 5.10 Å². The van der Waals surface area contributed by atoms with Crippen molar-refractivity contribution in [2.24, 2.45) is 7.05 Å². The number of nitrogens with one attached hydrogen (secondary N) is 2. The molecule has 0 aliphatic carbocycles. The summed E-state index contributed by atoms with van der Waals surface area (Å²) in [5, 5.41) is 12.3. The van der Waals surface area contributed by atoms with Crippen molar-refractivity contribution in [3.05, 3.63) is 53.2 Å². The molecule has 2 fully saturated rings. The zero-order valence-electron chi connectivity index (χ0n) is 18.6. The number of benzene rings is 2. The summed E-state index contributed by atoms with van der Waals surface area (Å²) < 4.78 is 7.14. The zero-order chi connectivity index (χ0) is 23.2. The minimum absolute atomic E-state index is 0.126. The summed E-state index contributed by atoms with van der Waals surface area (Å²) >= 11 is 6.84. The van der Waals surface area contributed by atoms with Gasteiger partial charge in [0.25, 0.3) is 0 Å². The third-order valence-corrected chi connectivity index (χ3v) is 6.87. The molecule has 2 N–H and O–H groups in total. The van der Waals surface area contributed by atoms with Gasteiger partial charge in [-0.3, -0.25) is 14.4 Å². The monoisotopic (exact) mass is 467 g/mol. The van der Waals surface area contributed by atoms with Crippen molar-refractivity contribution in [1.82, 2.24) is 20.0 Å². The molecule has 3 heterocycles. The van der Waals surface area contributed by atoms with E-state index in [0.29, 0.717) is 42.3 Å². The molecule has 172 valence electrons. The van der Waals surface area contributed by atoms with Gasteiger partial charge in [-0.25, -0.2) is 4.79 Å². The molecule has 33 heavy (non-hydrogen) atoms. The Hall–Kier alpha value is -3.10. The minimum atomic E-state index is -0.912. The maximum Gasteiger partial charge on any atom is 0.325 e. The fraction of sp³-hybridized carbons (Fsp3) is 0.375. The quantitative estimate of drug-likeness (QED) is 0.597.